The maximum atomic E-state index is 5.57. The maximum Gasteiger partial charge on any atom is 0.152 e. The van der Waals surface area contributed by atoms with Gasteiger partial charge in [-0.05, 0) is 75.6 Å². The van der Waals surface area contributed by atoms with Crippen LogP contribution < -0.4 is 5.32 Å². The fourth-order valence-corrected chi connectivity index (χ4v) is 4.44. The van der Waals surface area contributed by atoms with E-state index in [0.717, 1.165) is 53.9 Å². The van der Waals surface area contributed by atoms with Crippen molar-refractivity contribution in [2.24, 2.45) is 0 Å². The molecule has 2 aromatic rings. The third-order valence-corrected chi connectivity index (χ3v) is 6.13. The molecule has 0 amide bonds. The van der Waals surface area contributed by atoms with Gasteiger partial charge in [-0.1, -0.05) is 12.0 Å². The molecule has 1 saturated carbocycles. The highest BCUT2D eigenvalue weighted by atomic mass is 16.5. The molecule has 4 rings (SSSR count). The SMILES string of the molecule is C#Cc1ccc(-c2nnc(NC3CC(C)(OC)C3)c3c2CCCC3)c(C)c1. The molecule has 2 aliphatic carbocycles. The summed E-state index contributed by atoms with van der Waals surface area (Å²) < 4.78 is 5.57. The number of hydrogen-bond donors (Lipinski definition) is 1. The Balaban J connectivity index is 1.67. The minimum absolute atomic E-state index is 0.000975. The van der Waals surface area contributed by atoms with Crippen LogP contribution in [0.2, 0.25) is 0 Å². The first-order chi connectivity index (χ1) is 13.0. The van der Waals surface area contributed by atoms with Crippen LogP contribution in [0.3, 0.4) is 0 Å². The normalized spacial score (nSPS) is 23.9. The molecule has 1 N–H and O–H groups in total. The standard InChI is InChI=1S/C23H27N3O/c1-5-16-10-11-18(15(2)12-16)21-19-8-6-7-9-20(19)22(26-25-21)24-17-13-23(3,14-17)27-4/h1,10-12,17H,6-9,13-14H2,2-4H3,(H,24,26). The Morgan fingerprint density at radius 3 is 2.59 bits per heavy atom. The number of hydrogen-bond acceptors (Lipinski definition) is 4. The molecule has 0 bridgehead atoms. The van der Waals surface area contributed by atoms with E-state index in [1.807, 2.05) is 6.07 Å². The summed E-state index contributed by atoms with van der Waals surface area (Å²) in [6.07, 6.45) is 12.1. The highest BCUT2D eigenvalue weighted by molar-refractivity contribution is 5.71. The Morgan fingerprint density at radius 2 is 1.93 bits per heavy atom. The average Bonchev–Trinajstić information content (AvgIpc) is 2.67. The van der Waals surface area contributed by atoms with Crippen LogP contribution in [-0.4, -0.2) is 29.0 Å². The third-order valence-electron chi connectivity index (χ3n) is 6.13. The number of nitrogens with one attached hydrogen (secondary N) is 1. The summed E-state index contributed by atoms with van der Waals surface area (Å²) in [6, 6.07) is 6.55. The van der Waals surface area contributed by atoms with Crippen molar-refractivity contribution in [3.63, 3.8) is 0 Å². The molecular weight excluding hydrogens is 334 g/mol. The molecule has 0 saturated heterocycles. The van der Waals surface area contributed by atoms with Crippen LogP contribution in [-0.2, 0) is 17.6 Å². The summed E-state index contributed by atoms with van der Waals surface area (Å²) in [4.78, 5) is 0. The van der Waals surface area contributed by atoms with E-state index in [2.05, 4.69) is 47.4 Å². The molecule has 4 heteroatoms. The number of rotatable bonds is 4. The topological polar surface area (TPSA) is 47.0 Å². The van der Waals surface area contributed by atoms with Gasteiger partial charge in [-0.25, -0.2) is 0 Å². The van der Waals surface area contributed by atoms with Gasteiger partial charge in [0.1, 0.15) is 0 Å². The lowest BCUT2D eigenvalue weighted by Crippen LogP contribution is -2.50. The zero-order valence-electron chi connectivity index (χ0n) is 16.4. The second-order valence-electron chi connectivity index (χ2n) is 8.14. The first kappa shape index (κ1) is 18.0. The number of methoxy groups -OCH3 is 1. The van der Waals surface area contributed by atoms with Crippen molar-refractivity contribution in [2.45, 2.75) is 64.0 Å². The van der Waals surface area contributed by atoms with Gasteiger partial charge in [0.15, 0.2) is 5.82 Å². The highest BCUT2D eigenvalue weighted by Gasteiger charge is 2.41. The molecule has 27 heavy (non-hydrogen) atoms. The lowest BCUT2D eigenvalue weighted by atomic mass is 9.77. The van der Waals surface area contributed by atoms with Gasteiger partial charge in [0, 0.05) is 29.8 Å². The average molecular weight is 361 g/mol. The second kappa shape index (κ2) is 6.98. The van der Waals surface area contributed by atoms with Crippen LogP contribution in [0.15, 0.2) is 18.2 Å². The van der Waals surface area contributed by atoms with Crippen molar-refractivity contribution in [2.75, 3.05) is 12.4 Å². The van der Waals surface area contributed by atoms with E-state index >= 15 is 0 Å². The van der Waals surface area contributed by atoms with E-state index in [1.165, 1.54) is 24.0 Å². The van der Waals surface area contributed by atoms with Crippen LogP contribution in [0.5, 0.6) is 0 Å². The quantitative estimate of drug-likeness (QED) is 0.825. The van der Waals surface area contributed by atoms with Gasteiger partial charge in [0.2, 0.25) is 0 Å². The van der Waals surface area contributed by atoms with E-state index < -0.39 is 0 Å². The Hall–Kier alpha value is -2.38. The molecule has 140 valence electrons. The summed E-state index contributed by atoms with van der Waals surface area (Å²) >= 11 is 0. The number of anilines is 1. The van der Waals surface area contributed by atoms with Crippen LogP contribution in [0.1, 0.15) is 54.9 Å². The largest absolute Gasteiger partial charge is 0.378 e. The Bertz CT molecular complexity index is 907. The Labute approximate surface area is 161 Å². The minimum Gasteiger partial charge on any atom is -0.378 e. The van der Waals surface area contributed by atoms with Gasteiger partial charge in [0.05, 0.1) is 11.3 Å². The fourth-order valence-electron chi connectivity index (χ4n) is 4.44. The van der Waals surface area contributed by atoms with Crippen molar-refractivity contribution in [3.8, 4) is 23.6 Å². The maximum absolute atomic E-state index is 5.57. The zero-order chi connectivity index (χ0) is 19.0. The van der Waals surface area contributed by atoms with Gasteiger partial charge in [-0.2, -0.15) is 0 Å². The van der Waals surface area contributed by atoms with Crippen LogP contribution >= 0.6 is 0 Å². The smallest absolute Gasteiger partial charge is 0.152 e. The molecule has 2 aliphatic rings. The monoisotopic (exact) mass is 361 g/mol. The molecule has 0 spiro atoms. The number of aromatic nitrogens is 2. The van der Waals surface area contributed by atoms with E-state index in [1.54, 1.807) is 7.11 Å². The van der Waals surface area contributed by atoms with E-state index in [-0.39, 0.29) is 5.60 Å². The molecule has 1 aromatic heterocycles. The molecule has 0 unspecified atom stereocenters. The van der Waals surface area contributed by atoms with Crippen molar-refractivity contribution < 1.29 is 4.74 Å². The van der Waals surface area contributed by atoms with E-state index in [0.29, 0.717) is 6.04 Å². The molecule has 4 nitrogen and oxygen atoms in total. The van der Waals surface area contributed by atoms with Gasteiger partial charge in [0.25, 0.3) is 0 Å². The third kappa shape index (κ3) is 3.33. The molecule has 1 aromatic carbocycles. The van der Waals surface area contributed by atoms with Gasteiger partial charge in [-0.3, -0.25) is 0 Å². The number of benzene rings is 1. The fraction of sp³-hybridized carbons (Fsp3) is 0.478. The zero-order valence-corrected chi connectivity index (χ0v) is 16.4. The molecule has 0 atom stereocenters. The molecule has 0 aliphatic heterocycles. The predicted octanol–water partition coefficient (Wildman–Crippen LogP) is 4.29. The second-order valence-corrected chi connectivity index (χ2v) is 8.14. The van der Waals surface area contributed by atoms with Crippen molar-refractivity contribution in [1.29, 1.82) is 0 Å². The first-order valence-electron chi connectivity index (χ1n) is 9.81. The summed E-state index contributed by atoms with van der Waals surface area (Å²) in [5.74, 6) is 3.67. The van der Waals surface area contributed by atoms with Gasteiger partial charge >= 0.3 is 0 Å². The summed E-state index contributed by atoms with van der Waals surface area (Å²) in [5.41, 5.74) is 6.92. The van der Waals surface area contributed by atoms with Crippen molar-refractivity contribution in [3.05, 3.63) is 40.5 Å². The van der Waals surface area contributed by atoms with Crippen LogP contribution in [0.4, 0.5) is 5.82 Å². The Morgan fingerprint density at radius 1 is 1.19 bits per heavy atom. The van der Waals surface area contributed by atoms with Gasteiger partial charge < -0.3 is 10.1 Å². The van der Waals surface area contributed by atoms with Gasteiger partial charge in [-0.15, -0.1) is 16.6 Å². The molecule has 1 fully saturated rings. The number of aryl methyl sites for hydroxylation is 1. The van der Waals surface area contributed by atoms with E-state index in [4.69, 9.17) is 11.2 Å². The summed E-state index contributed by atoms with van der Waals surface area (Å²) in [5, 5.41) is 12.9. The number of terminal acetylenes is 1. The molecular formula is C23H27N3O. The first-order valence-corrected chi connectivity index (χ1v) is 9.81. The summed E-state index contributed by atoms with van der Waals surface area (Å²) in [7, 11) is 1.79. The Kier molecular flexibility index (Phi) is 4.65. The molecule has 0 radical (unpaired) electrons. The van der Waals surface area contributed by atoms with Crippen LogP contribution in [0.25, 0.3) is 11.3 Å². The van der Waals surface area contributed by atoms with Crippen molar-refractivity contribution in [1.82, 2.24) is 10.2 Å². The highest BCUT2D eigenvalue weighted by Crippen LogP contribution is 2.39. The minimum atomic E-state index is 0.000975. The van der Waals surface area contributed by atoms with Crippen molar-refractivity contribution >= 4 is 5.82 Å². The predicted molar refractivity (Wildman–Crippen MR) is 109 cm³/mol. The molecule has 1 heterocycles. The number of nitrogens with zero attached hydrogens (tertiary/aromatic N) is 2. The van der Waals surface area contributed by atoms with Crippen LogP contribution in [0, 0.1) is 19.3 Å². The summed E-state index contributed by atoms with van der Waals surface area (Å²) in [6.45, 7) is 4.26. The van der Waals surface area contributed by atoms with E-state index in [9.17, 15) is 0 Å². The lowest BCUT2D eigenvalue weighted by molar-refractivity contribution is -0.0625. The number of fused-ring (bicyclic) bond motifs is 1. The number of ether oxygens (including phenoxy) is 1. The lowest BCUT2D eigenvalue weighted by Gasteiger charge is -2.44.